The second-order valence-electron chi connectivity index (χ2n) is 5.22. The zero-order valence-corrected chi connectivity index (χ0v) is 14.4. The van der Waals surface area contributed by atoms with Gasteiger partial charge in [0.2, 0.25) is 0 Å². The van der Waals surface area contributed by atoms with Gasteiger partial charge in [-0.05, 0) is 50.4 Å². The molecular weight excluding hydrogens is 312 g/mol. The van der Waals surface area contributed by atoms with Crippen LogP contribution in [0.25, 0.3) is 5.57 Å². The molecule has 0 saturated carbocycles. The minimum atomic E-state index is -0.414. The average Bonchev–Trinajstić information content (AvgIpc) is 2.60. The van der Waals surface area contributed by atoms with Gasteiger partial charge >= 0.3 is 5.97 Å². The number of carbonyl (C=O) groups excluding carboxylic acids is 1. The van der Waals surface area contributed by atoms with Gasteiger partial charge in [0.25, 0.3) is 0 Å². The van der Waals surface area contributed by atoms with Crippen LogP contribution in [0.4, 0.5) is 0 Å². The predicted molar refractivity (Wildman–Crippen MR) is 92.0 cm³/mol. The summed E-state index contributed by atoms with van der Waals surface area (Å²) in [5, 5.41) is 8.69. The van der Waals surface area contributed by atoms with Crippen LogP contribution in [0.3, 0.4) is 0 Å². The number of piperidine rings is 1. The Morgan fingerprint density at radius 3 is 2.70 bits per heavy atom. The highest BCUT2D eigenvalue weighted by atomic mass is 32.2. The molecule has 1 fully saturated rings. The Kier molecular flexibility index (Phi) is 6.58. The van der Waals surface area contributed by atoms with E-state index in [0.29, 0.717) is 27.9 Å². The van der Waals surface area contributed by atoms with Gasteiger partial charge < -0.3 is 9.64 Å². The molecule has 0 aromatic carbocycles. The molecule has 1 aromatic heterocycles. The van der Waals surface area contributed by atoms with E-state index in [1.165, 1.54) is 6.42 Å². The van der Waals surface area contributed by atoms with Crippen LogP contribution in [0.1, 0.15) is 38.8 Å². The van der Waals surface area contributed by atoms with Crippen molar-refractivity contribution in [2.45, 2.75) is 33.1 Å². The summed E-state index contributed by atoms with van der Waals surface area (Å²) in [7, 11) is 0. The van der Waals surface area contributed by atoms with Crippen LogP contribution in [0.5, 0.6) is 0 Å². The molecule has 1 aliphatic heterocycles. The standard InChI is InChI=1S/C16H22N4O2S/c1-3-22-15(21)14(12(2)13-11-18-7-8-19-13)23-16(17)20-9-5-4-6-10-20/h7-8,11,17H,3-6,9-10H2,1-2H3/b14-12+,17-16?. The summed E-state index contributed by atoms with van der Waals surface area (Å²) in [6.07, 6.45) is 8.16. The number of ether oxygens (including phenoxy) is 1. The fraction of sp³-hybridized carbons (Fsp3) is 0.500. The molecule has 2 heterocycles. The van der Waals surface area contributed by atoms with E-state index in [1.54, 1.807) is 25.5 Å². The lowest BCUT2D eigenvalue weighted by atomic mass is 10.1. The molecule has 0 aliphatic carbocycles. The molecule has 0 unspecified atom stereocenters. The summed E-state index contributed by atoms with van der Waals surface area (Å²) in [5.74, 6) is -0.414. The van der Waals surface area contributed by atoms with E-state index in [1.807, 2.05) is 11.8 Å². The second kappa shape index (κ2) is 8.67. The summed E-state index contributed by atoms with van der Waals surface area (Å²) in [6.45, 7) is 5.62. The number of amidine groups is 1. The predicted octanol–water partition coefficient (Wildman–Crippen LogP) is 2.92. The average molecular weight is 334 g/mol. The van der Waals surface area contributed by atoms with Gasteiger partial charge in [0.05, 0.1) is 18.5 Å². The molecule has 0 radical (unpaired) electrons. The molecule has 0 amide bonds. The van der Waals surface area contributed by atoms with Crippen LogP contribution < -0.4 is 0 Å². The Hall–Kier alpha value is -1.89. The molecule has 0 atom stereocenters. The molecule has 0 spiro atoms. The van der Waals surface area contributed by atoms with E-state index in [4.69, 9.17) is 10.1 Å². The van der Waals surface area contributed by atoms with E-state index >= 15 is 0 Å². The van der Waals surface area contributed by atoms with Crippen molar-refractivity contribution in [2.24, 2.45) is 0 Å². The topological polar surface area (TPSA) is 79.2 Å². The van der Waals surface area contributed by atoms with Crippen LogP contribution in [-0.2, 0) is 9.53 Å². The Labute approximate surface area is 140 Å². The molecule has 0 bridgehead atoms. The highest BCUT2D eigenvalue weighted by Gasteiger charge is 2.22. The van der Waals surface area contributed by atoms with Gasteiger partial charge in [-0.1, -0.05) is 0 Å². The Morgan fingerprint density at radius 1 is 1.35 bits per heavy atom. The van der Waals surface area contributed by atoms with E-state index < -0.39 is 5.97 Å². The monoisotopic (exact) mass is 334 g/mol. The second-order valence-corrected chi connectivity index (χ2v) is 6.22. The van der Waals surface area contributed by atoms with Crippen molar-refractivity contribution in [3.8, 4) is 0 Å². The first-order valence-electron chi connectivity index (χ1n) is 7.79. The van der Waals surface area contributed by atoms with Crippen molar-refractivity contribution in [2.75, 3.05) is 19.7 Å². The lowest BCUT2D eigenvalue weighted by molar-refractivity contribution is -0.137. The highest BCUT2D eigenvalue weighted by Crippen LogP contribution is 2.29. The molecule has 7 heteroatoms. The zero-order valence-electron chi connectivity index (χ0n) is 13.5. The summed E-state index contributed by atoms with van der Waals surface area (Å²) in [5.41, 5.74) is 1.30. The molecule has 6 nitrogen and oxygen atoms in total. The van der Waals surface area contributed by atoms with Crippen molar-refractivity contribution in [3.05, 3.63) is 29.2 Å². The van der Waals surface area contributed by atoms with Crippen LogP contribution >= 0.6 is 11.8 Å². The number of esters is 1. The molecule has 1 N–H and O–H groups in total. The van der Waals surface area contributed by atoms with Gasteiger partial charge in [-0.2, -0.15) is 0 Å². The summed E-state index contributed by atoms with van der Waals surface area (Å²) >= 11 is 1.15. The SMILES string of the molecule is CCOC(=O)/C(SC(=N)N1CCCCC1)=C(/C)c1cnccn1. The third kappa shape index (κ3) is 4.79. The van der Waals surface area contributed by atoms with Crippen molar-refractivity contribution in [1.82, 2.24) is 14.9 Å². The van der Waals surface area contributed by atoms with Crippen molar-refractivity contribution in [3.63, 3.8) is 0 Å². The number of aromatic nitrogens is 2. The van der Waals surface area contributed by atoms with Crippen molar-refractivity contribution < 1.29 is 9.53 Å². The van der Waals surface area contributed by atoms with Gasteiger partial charge in [-0.15, -0.1) is 0 Å². The van der Waals surface area contributed by atoms with E-state index in [2.05, 4.69) is 9.97 Å². The quantitative estimate of drug-likeness (QED) is 0.395. The molecule has 1 aromatic rings. The first-order chi connectivity index (χ1) is 11.1. The van der Waals surface area contributed by atoms with Crippen LogP contribution in [0.2, 0.25) is 0 Å². The summed E-state index contributed by atoms with van der Waals surface area (Å²) in [4.78, 5) is 23.0. The van der Waals surface area contributed by atoms with Crippen molar-refractivity contribution >= 4 is 28.5 Å². The van der Waals surface area contributed by atoms with E-state index in [9.17, 15) is 4.79 Å². The number of allylic oxidation sites excluding steroid dienone is 1. The number of carbonyl (C=O) groups is 1. The minimum absolute atomic E-state index is 0.299. The van der Waals surface area contributed by atoms with Crippen LogP contribution in [0.15, 0.2) is 23.5 Å². The molecule has 1 saturated heterocycles. The van der Waals surface area contributed by atoms with Gasteiger partial charge in [0, 0.05) is 25.5 Å². The van der Waals surface area contributed by atoms with E-state index in [-0.39, 0.29) is 0 Å². The molecule has 23 heavy (non-hydrogen) atoms. The summed E-state index contributed by atoms with van der Waals surface area (Å²) in [6, 6.07) is 0. The van der Waals surface area contributed by atoms with Crippen molar-refractivity contribution in [1.29, 1.82) is 5.41 Å². The maximum atomic E-state index is 12.3. The number of nitrogens with one attached hydrogen (secondary N) is 1. The number of nitrogens with zero attached hydrogens (tertiary/aromatic N) is 3. The largest absolute Gasteiger partial charge is 0.462 e. The number of thioether (sulfide) groups is 1. The minimum Gasteiger partial charge on any atom is -0.462 e. The number of hydrogen-bond acceptors (Lipinski definition) is 6. The lowest BCUT2D eigenvalue weighted by Crippen LogP contribution is -2.33. The third-order valence-electron chi connectivity index (χ3n) is 3.59. The maximum Gasteiger partial charge on any atom is 0.345 e. The summed E-state index contributed by atoms with van der Waals surface area (Å²) < 4.78 is 5.15. The first kappa shape index (κ1) is 17.5. The van der Waals surface area contributed by atoms with Crippen LogP contribution in [-0.4, -0.2) is 45.7 Å². The third-order valence-corrected chi connectivity index (χ3v) is 4.72. The smallest absolute Gasteiger partial charge is 0.345 e. The molecule has 1 aliphatic rings. The zero-order chi connectivity index (χ0) is 16.7. The Morgan fingerprint density at radius 2 is 2.09 bits per heavy atom. The van der Waals surface area contributed by atoms with Gasteiger partial charge in [-0.3, -0.25) is 15.4 Å². The molecule has 2 rings (SSSR count). The number of likely N-dealkylation sites (tertiary alicyclic amines) is 1. The fourth-order valence-electron chi connectivity index (χ4n) is 2.34. The van der Waals surface area contributed by atoms with Gasteiger partial charge in [0.1, 0.15) is 4.91 Å². The Balaban J connectivity index is 2.23. The highest BCUT2D eigenvalue weighted by molar-refractivity contribution is 8.17. The number of hydrogen-bond donors (Lipinski definition) is 1. The first-order valence-corrected chi connectivity index (χ1v) is 8.61. The molecule has 124 valence electrons. The van der Waals surface area contributed by atoms with Gasteiger partial charge in [0.15, 0.2) is 5.17 Å². The van der Waals surface area contributed by atoms with Crippen LogP contribution in [0, 0.1) is 5.41 Å². The van der Waals surface area contributed by atoms with E-state index in [0.717, 1.165) is 37.7 Å². The van der Waals surface area contributed by atoms with Gasteiger partial charge in [-0.25, -0.2) is 4.79 Å². The Bertz CT molecular complexity index is 583. The maximum absolute atomic E-state index is 12.3. The normalized spacial score (nSPS) is 15.8. The fourth-order valence-corrected chi connectivity index (χ4v) is 3.24. The lowest BCUT2D eigenvalue weighted by Gasteiger charge is -2.28. The number of rotatable bonds is 4. The molecular formula is C16H22N4O2S.